The number of hydrogen-bond acceptors (Lipinski definition) is 3. The molecule has 0 aliphatic rings. The maximum Gasteiger partial charge on any atom is 0.329 e. The fourth-order valence-electron chi connectivity index (χ4n) is 4.48. The molecule has 5 rings (SSSR count). The molecule has 0 saturated heterocycles. The molecule has 1 amide bonds. The molecular weight excluding hydrogens is 426 g/mol. The van der Waals surface area contributed by atoms with E-state index in [1.54, 1.807) is 9.13 Å². The zero-order chi connectivity index (χ0) is 23.5. The van der Waals surface area contributed by atoms with Gasteiger partial charge in [0.1, 0.15) is 5.82 Å². The van der Waals surface area contributed by atoms with Crippen molar-refractivity contribution in [3.8, 4) is 0 Å². The summed E-state index contributed by atoms with van der Waals surface area (Å²) in [6, 6.07) is 25.3. The predicted octanol–water partition coefficient (Wildman–Crippen LogP) is 4.19. The Balaban J connectivity index is 1.37. The monoisotopic (exact) mass is 453 g/mol. The van der Waals surface area contributed by atoms with Gasteiger partial charge in [-0.25, -0.2) is 9.78 Å². The molecule has 7 heteroatoms. The number of H-pyrrole nitrogens is 1. The molecular formula is C27H27N5O2. The van der Waals surface area contributed by atoms with Crippen LogP contribution >= 0.6 is 0 Å². The van der Waals surface area contributed by atoms with Gasteiger partial charge in [0.25, 0.3) is 0 Å². The van der Waals surface area contributed by atoms with E-state index in [-0.39, 0.29) is 24.1 Å². The van der Waals surface area contributed by atoms with Crippen molar-refractivity contribution < 1.29 is 4.79 Å². The number of carbonyl (C=O) groups excluding carboxylic acids is 1. The summed E-state index contributed by atoms with van der Waals surface area (Å²) in [5.74, 6) is 0.597. The Hall–Kier alpha value is -4.13. The van der Waals surface area contributed by atoms with Crippen molar-refractivity contribution in [3.05, 3.63) is 101 Å². The van der Waals surface area contributed by atoms with Crippen molar-refractivity contribution in [3.63, 3.8) is 0 Å². The number of rotatable bonds is 8. The van der Waals surface area contributed by atoms with Crippen molar-refractivity contribution in [1.82, 2.24) is 24.4 Å². The Morgan fingerprint density at radius 2 is 1.62 bits per heavy atom. The standard InChI is InChI=1S/C27H27N5O2/c1-2-31-23-14-8-9-15-24(23)32(27(31)34)17-16-25(33)28-22(18-19-10-4-3-5-11-19)26-29-20-12-6-7-13-21(20)30-26/h3-15,22H,2,16-18H2,1H3,(H,28,33)(H,29,30). The van der Waals surface area contributed by atoms with Crippen LogP contribution in [0.3, 0.4) is 0 Å². The molecule has 0 radical (unpaired) electrons. The van der Waals surface area contributed by atoms with Crippen LogP contribution in [-0.4, -0.2) is 25.0 Å². The van der Waals surface area contributed by atoms with Gasteiger partial charge < -0.3 is 10.3 Å². The van der Waals surface area contributed by atoms with E-state index in [0.29, 0.717) is 19.5 Å². The Morgan fingerprint density at radius 3 is 2.35 bits per heavy atom. The highest BCUT2D eigenvalue weighted by molar-refractivity contribution is 5.79. The molecule has 5 aromatic rings. The molecule has 0 fully saturated rings. The van der Waals surface area contributed by atoms with Crippen LogP contribution in [0.5, 0.6) is 0 Å². The topological polar surface area (TPSA) is 84.7 Å². The number of hydrogen-bond donors (Lipinski definition) is 2. The van der Waals surface area contributed by atoms with Gasteiger partial charge >= 0.3 is 5.69 Å². The van der Waals surface area contributed by atoms with Gasteiger partial charge in [-0.1, -0.05) is 54.6 Å². The van der Waals surface area contributed by atoms with Gasteiger partial charge in [0.2, 0.25) is 5.91 Å². The number of benzene rings is 3. The van der Waals surface area contributed by atoms with Crippen molar-refractivity contribution in [2.24, 2.45) is 0 Å². The fraction of sp³-hybridized carbons (Fsp3) is 0.222. The number of aryl methyl sites for hydroxylation is 2. The minimum Gasteiger partial charge on any atom is -0.346 e. The van der Waals surface area contributed by atoms with E-state index < -0.39 is 0 Å². The quantitative estimate of drug-likeness (QED) is 0.369. The summed E-state index contributed by atoms with van der Waals surface area (Å²) in [6.45, 7) is 2.85. The number of carbonyl (C=O) groups is 1. The zero-order valence-corrected chi connectivity index (χ0v) is 19.1. The molecule has 2 aromatic heterocycles. The summed E-state index contributed by atoms with van der Waals surface area (Å²) in [4.78, 5) is 34.0. The normalized spacial score (nSPS) is 12.3. The molecule has 0 bridgehead atoms. The molecule has 3 aromatic carbocycles. The Kier molecular flexibility index (Phi) is 5.99. The van der Waals surface area contributed by atoms with E-state index in [0.717, 1.165) is 33.5 Å². The largest absolute Gasteiger partial charge is 0.346 e. The van der Waals surface area contributed by atoms with Gasteiger partial charge in [-0.3, -0.25) is 13.9 Å². The molecule has 7 nitrogen and oxygen atoms in total. The van der Waals surface area contributed by atoms with Gasteiger partial charge in [0.15, 0.2) is 0 Å². The van der Waals surface area contributed by atoms with E-state index in [1.165, 1.54) is 0 Å². The molecule has 1 unspecified atom stereocenters. The first kappa shape index (κ1) is 21.7. The summed E-state index contributed by atoms with van der Waals surface area (Å²) >= 11 is 0. The number of amides is 1. The van der Waals surface area contributed by atoms with Gasteiger partial charge in [0, 0.05) is 19.5 Å². The lowest BCUT2D eigenvalue weighted by Gasteiger charge is -2.17. The molecule has 2 heterocycles. The van der Waals surface area contributed by atoms with Crippen molar-refractivity contribution in [2.75, 3.05) is 0 Å². The highest BCUT2D eigenvalue weighted by Crippen LogP contribution is 2.20. The first-order valence-electron chi connectivity index (χ1n) is 11.6. The third kappa shape index (κ3) is 4.24. The minimum atomic E-state index is -0.309. The van der Waals surface area contributed by atoms with E-state index in [2.05, 4.69) is 10.3 Å². The van der Waals surface area contributed by atoms with Crippen molar-refractivity contribution >= 4 is 28.0 Å². The van der Waals surface area contributed by atoms with Crippen LogP contribution in [0.2, 0.25) is 0 Å². The van der Waals surface area contributed by atoms with E-state index in [1.807, 2.05) is 85.8 Å². The highest BCUT2D eigenvalue weighted by atomic mass is 16.2. The summed E-state index contributed by atoms with van der Waals surface area (Å²) in [6.07, 6.45) is 0.810. The first-order valence-corrected chi connectivity index (χ1v) is 11.6. The molecule has 0 spiro atoms. The van der Waals surface area contributed by atoms with Crippen molar-refractivity contribution in [1.29, 1.82) is 0 Å². The number of nitrogens with zero attached hydrogens (tertiary/aromatic N) is 3. The minimum absolute atomic E-state index is 0.0883. The second-order valence-corrected chi connectivity index (χ2v) is 8.37. The van der Waals surface area contributed by atoms with E-state index >= 15 is 0 Å². The average Bonchev–Trinajstić information content (AvgIpc) is 3.41. The molecule has 1 atom stereocenters. The van der Waals surface area contributed by atoms with Crippen LogP contribution in [0.4, 0.5) is 0 Å². The van der Waals surface area contributed by atoms with Gasteiger partial charge in [-0.2, -0.15) is 0 Å². The molecule has 172 valence electrons. The maximum absolute atomic E-state index is 13.1. The Morgan fingerprint density at radius 1 is 0.941 bits per heavy atom. The lowest BCUT2D eigenvalue weighted by atomic mass is 10.1. The second kappa shape index (κ2) is 9.39. The van der Waals surface area contributed by atoms with Gasteiger partial charge in [0.05, 0.1) is 28.1 Å². The molecule has 0 aliphatic heterocycles. The van der Waals surface area contributed by atoms with Crippen LogP contribution in [0.25, 0.3) is 22.1 Å². The van der Waals surface area contributed by atoms with Crippen LogP contribution in [-0.2, 0) is 24.3 Å². The van der Waals surface area contributed by atoms with Crippen LogP contribution in [0, 0.1) is 0 Å². The number of nitrogens with one attached hydrogen (secondary N) is 2. The van der Waals surface area contributed by atoms with Crippen molar-refractivity contribution in [2.45, 2.75) is 38.9 Å². The van der Waals surface area contributed by atoms with Gasteiger partial charge in [-0.05, 0) is 43.2 Å². The average molecular weight is 454 g/mol. The summed E-state index contributed by atoms with van der Waals surface area (Å²) < 4.78 is 3.42. The SMILES string of the molecule is CCn1c(=O)n(CCC(=O)NC(Cc2ccccc2)c2nc3ccccc3[nH]2)c2ccccc21. The van der Waals surface area contributed by atoms with Crippen LogP contribution in [0.15, 0.2) is 83.7 Å². The lowest BCUT2D eigenvalue weighted by Crippen LogP contribution is -2.32. The third-order valence-corrected chi connectivity index (χ3v) is 6.16. The zero-order valence-electron chi connectivity index (χ0n) is 19.1. The fourth-order valence-corrected chi connectivity index (χ4v) is 4.48. The van der Waals surface area contributed by atoms with Gasteiger partial charge in [-0.15, -0.1) is 0 Å². The van der Waals surface area contributed by atoms with E-state index in [4.69, 9.17) is 4.98 Å². The Labute approximate surface area is 197 Å². The number of fused-ring (bicyclic) bond motifs is 2. The lowest BCUT2D eigenvalue weighted by molar-refractivity contribution is -0.122. The number of para-hydroxylation sites is 4. The number of imidazole rings is 2. The smallest absolute Gasteiger partial charge is 0.329 e. The highest BCUT2D eigenvalue weighted by Gasteiger charge is 2.20. The van der Waals surface area contributed by atoms with E-state index in [9.17, 15) is 9.59 Å². The predicted molar refractivity (Wildman–Crippen MR) is 134 cm³/mol. The summed E-state index contributed by atoms with van der Waals surface area (Å²) in [5, 5.41) is 3.15. The molecule has 0 aliphatic carbocycles. The Bertz CT molecular complexity index is 1460. The van der Waals surface area contributed by atoms with Crippen LogP contribution in [0.1, 0.15) is 30.8 Å². The first-order chi connectivity index (χ1) is 16.6. The molecule has 2 N–H and O–H groups in total. The number of aromatic amines is 1. The molecule has 34 heavy (non-hydrogen) atoms. The maximum atomic E-state index is 13.1. The molecule has 0 saturated carbocycles. The number of aromatic nitrogens is 4. The summed E-state index contributed by atoms with van der Waals surface area (Å²) in [5.41, 5.74) is 4.55. The third-order valence-electron chi connectivity index (χ3n) is 6.16. The second-order valence-electron chi connectivity index (χ2n) is 8.37. The summed E-state index contributed by atoms with van der Waals surface area (Å²) in [7, 11) is 0. The van der Waals surface area contributed by atoms with Crippen LogP contribution < -0.4 is 11.0 Å².